The van der Waals surface area contributed by atoms with Gasteiger partial charge in [-0.15, -0.1) is 11.3 Å². The Morgan fingerprint density at radius 1 is 1.32 bits per heavy atom. The number of thioether (sulfide) groups is 1. The van der Waals surface area contributed by atoms with Crippen molar-refractivity contribution >= 4 is 23.1 Å². The topological polar surface area (TPSA) is 24.9 Å². The smallest absolute Gasteiger partial charge is 0.103 e. The lowest BCUT2D eigenvalue weighted by Gasteiger charge is -2.20. The Morgan fingerprint density at radius 2 is 2.11 bits per heavy atom. The first-order valence-electron chi connectivity index (χ1n) is 7.57. The summed E-state index contributed by atoms with van der Waals surface area (Å²) in [5, 5.41) is 5.68. The molecule has 0 unspecified atom stereocenters. The van der Waals surface area contributed by atoms with Crippen LogP contribution >= 0.6 is 23.1 Å². The maximum atomic E-state index is 4.73. The monoisotopic (exact) mass is 298 g/mol. The highest BCUT2D eigenvalue weighted by Gasteiger charge is 2.15. The summed E-state index contributed by atoms with van der Waals surface area (Å²) in [4.78, 5) is 6.16. The van der Waals surface area contributed by atoms with Gasteiger partial charge < -0.3 is 5.32 Å². The molecule has 1 aromatic rings. The van der Waals surface area contributed by atoms with Crippen molar-refractivity contribution in [3.05, 3.63) is 15.6 Å². The maximum absolute atomic E-state index is 4.73. The van der Waals surface area contributed by atoms with E-state index in [-0.39, 0.29) is 0 Å². The molecular weight excluding hydrogens is 272 g/mol. The van der Waals surface area contributed by atoms with Crippen molar-refractivity contribution < 1.29 is 0 Å². The molecule has 0 bridgehead atoms. The predicted molar refractivity (Wildman–Crippen MR) is 87.0 cm³/mol. The van der Waals surface area contributed by atoms with Crippen LogP contribution in [-0.4, -0.2) is 16.8 Å². The van der Waals surface area contributed by atoms with Crippen molar-refractivity contribution in [2.75, 3.05) is 6.54 Å². The molecule has 0 radical (unpaired) electrons. The summed E-state index contributed by atoms with van der Waals surface area (Å²) >= 11 is 4.03. The van der Waals surface area contributed by atoms with Crippen LogP contribution in [0.2, 0.25) is 0 Å². The lowest BCUT2D eigenvalue weighted by molar-refractivity contribution is 0.516. The van der Waals surface area contributed by atoms with Crippen LogP contribution in [0.1, 0.15) is 61.0 Å². The van der Waals surface area contributed by atoms with Gasteiger partial charge in [-0.05, 0) is 32.7 Å². The fraction of sp³-hybridized carbons (Fsp3) is 0.800. The summed E-state index contributed by atoms with van der Waals surface area (Å²) in [6.45, 7) is 6.45. The number of thiazole rings is 1. The first-order valence-corrected chi connectivity index (χ1v) is 9.43. The average Bonchev–Trinajstić information content (AvgIpc) is 2.79. The molecular formula is C15H26N2S2. The van der Waals surface area contributed by atoms with E-state index in [9.17, 15) is 0 Å². The molecule has 1 fully saturated rings. The second-order valence-electron chi connectivity index (χ2n) is 5.36. The molecule has 0 spiro atoms. The second-order valence-corrected chi connectivity index (χ2v) is 7.82. The van der Waals surface area contributed by atoms with Crippen LogP contribution in [-0.2, 0) is 12.3 Å². The fourth-order valence-corrected chi connectivity index (χ4v) is 4.90. The largest absolute Gasteiger partial charge is 0.312 e. The Morgan fingerprint density at radius 3 is 2.84 bits per heavy atom. The van der Waals surface area contributed by atoms with E-state index in [1.165, 1.54) is 54.1 Å². The van der Waals surface area contributed by atoms with Gasteiger partial charge >= 0.3 is 0 Å². The second kappa shape index (κ2) is 8.28. The van der Waals surface area contributed by atoms with Crippen molar-refractivity contribution in [1.82, 2.24) is 10.3 Å². The van der Waals surface area contributed by atoms with Gasteiger partial charge in [-0.3, -0.25) is 0 Å². The van der Waals surface area contributed by atoms with E-state index in [1.54, 1.807) is 0 Å². The minimum atomic E-state index is 0.889. The van der Waals surface area contributed by atoms with Crippen molar-refractivity contribution in [3.63, 3.8) is 0 Å². The number of rotatable bonds is 7. The molecule has 0 aliphatic heterocycles. The van der Waals surface area contributed by atoms with Gasteiger partial charge in [-0.2, -0.15) is 11.8 Å². The predicted octanol–water partition coefficient (Wildman–Crippen LogP) is 4.52. The minimum Gasteiger partial charge on any atom is -0.312 e. The SMILES string of the molecule is CCCNCc1sc(CSC2CCCCC2)nc1C. The van der Waals surface area contributed by atoms with E-state index in [0.29, 0.717) is 0 Å². The molecule has 1 aliphatic carbocycles. The Kier molecular flexibility index (Phi) is 6.68. The molecule has 0 aromatic carbocycles. The van der Waals surface area contributed by atoms with Crippen molar-refractivity contribution in [2.45, 2.75) is 69.9 Å². The lowest BCUT2D eigenvalue weighted by Crippen LogP contribution is -2.13. The molecule has 2 nitrogen and oxygen atoms in total. The van der Waals surface area contributed by atoms with Crippen LogP contribution in [0.15, 0.2) is 0 Å². The highest BCUT2D eigenvalue weighted by atomic mass is 32.2. The van der Waals surface area contributed by atoms with Gasteiger partial charge in [-0.25, -0.2) is 4.98 Å². The molecule has 108 valence electrons. The highest BCUT2D eigenvalue weighted by Crippen LogP contribution is 2.31. The molecule has 1 aliphatic rings. The zero-order valence-electron chi connectivity index (χ0n) is 12.2. The van der Waals surface area contributed by atoms with Gasteiger partial charge in [0, 0.05) is 22.4 Å². The summed E-state index contributed by atoms with van der Waals surface area (Å²) in [5.41, 5.74) is 1.23. The van der Waals surface area contributed by atoms with Crippen LogP contribution in [0, 0.1) is 6.92 Å². The summed E-state index contributed by atoms with van der Waals surface area (Å²) in [6.07, 6.45) is 8.34. The van der Waals surface area contributed by atoms with E-state index >= 15 is 0 Å². The number of hydrogen-bond donors (Lipinski definition) is 1. The molecule has 1 heterocycles. The van der Waals surface area contributed by atoms with Gasteiger partial charge in [0.2, 0.25) is 0 Å². The van der Waals surface area contributed by atoms with Gasteiger partial charge in [0.05, 0.1) is 5.69 Å². The summed E-state index contributed by atoms with van der Waals surface area (Å²) < 4.78 is 0. The van der Waals surface area contributed by atoms with E-state index in [4.69, 9.17) is 4.98 Å². The van der Waals surface area contributed by atoms with Crippen LogP contribution in [0.4, 0.5) is 0 Å². The van der Waals surface area contributed by atoms with E-state index in [1.807, 2.05) is 11.3 Å². The van der Waals surface area contributed by atoms with Gasteiger partial charge in [-0.1, -0.05) is 26.2 Å². The zero-order valence-corrected chi connectivity index (χ0v) is 13.8. The lowest BCUT2D eigenvalue weighted by atomic mass is 10.0. The third-order valence-corrected chi connectivity index (χ3v) is 6.37. The summed E-state index contributed by atoms with van der Waals surface area (Å²) in [5.74, 6) is 1.12. The first-order chi connectivity index (χ1) is 9.29. The van der Waals surface area contributed by atoms with Gasteiger partial charge in [0.15, 0.2) is 0 Å². The summed E-state index contributed by atoms with van der Waals surface area (Å²) in [6, 6.07) is 0. The highest BCUT2D eigenvalue weighted by molar-refractivity contribution is 7.99. The Hall–Kier alpha value is -0.0600. The molecule has 1 N–H and O–H groups in total. The first kappa shape index (κ1) is 15.3. The van der Waals surface area contributed by atoms with Crippen LogP contribution in [0.5, 0.6) is 0 Å². The Bertz CT molecular complexity index is 370. The average molecular weight is 299 g/mol. The van der Waals surface area contributed by atoms with Gasteiger partial charge in [0.1, 0.15) is 5.01 Å². The molecule has 2 rings (SSSR count). The van der Waals surface area contributed by atoms with Gasteiger partial charge in [0.25, 0.3) is 0 Å². The fourth-order valence-electron chi connectivity index (χ4n) is 2.51. The third-order valence-electron chi connectivity index (χ3n) is 3.64. The Labute approximate surface area is 125 Å². The molecule has 1 saturated carbocycles. The minimum absolute atomic E-state index is 0.889. The van der Waals surface area contributed by atoms with E-state index in [2.05, 4.69) is 30.9 Å². The standard InChI is InChI=1S/C15H26N2S2/c1-3-9-16-10-14-12(2)17-15(19-14)11-18-13-7-5-4-6-8-13/h13,16H,3-11H2,1-2H3. The number of aryl methyl sites for hydroxylation is 1. The number of nitrogens with zero attached hydrogens (tertiary/aromatic N) is 1. The van der Waals surface area contributed by atoms with E-state index in [0.717, 1.165) is 24.1 Å². The third kappa shape index (κ3) is 5.09. The molecule has 1 aromatic heterocycles. The molecule has 19 heavy (non-hydrogen) atoms. The molecule has 4 heteroatoms. The number of aromatic nitrogens is 1. The van der Waals surface area contributed by atoms with E-state index < -0.39 is 0 Å². The maximum Gasteiger partial charge on any atom is 0.103 e. The Balaban J connectivity index is 1.78. The summed E-state index contributed by atoms with van der Waals surface area (Å²) in [7, 11) is 0. The normalized spacial score (nSPS) is 16.9. The molecule has 0 saturated heterocycles. The van der Waals surface area contributed by atoms with Crippen molar-refractivity contribution in [3.8, 4) is 0 Å². The van der Waals surface area contributed by atoms with Crippen LogP contribution < -0.4 is 5.32 Å². The van der Waals surface area contributed by atoms with Crippen molar-refractivity contribution in [1.29, 1.82) is 0 Å². The zero-order chi connectivity index (χ0) is 13.5. The van der Waals surface area contributed by atoms with Crippen LogP contribution in [0.25, 0.3) is 0 Å². The quantitative estimate of drug-likeness (QED) is 0.749. The molecule has 0 amide bonds. The van der Waals surface area contributed by atoms with Crippen molar-refractivity contribution in [2.24, 2.45) is 0 Å². The molecule has 0 atom stereocenters. The van der Waals surface area contributed by atoms with Crippen LogP contribution in [0.3, 0.4) is 0 Å². The number of nitrogens with one attached hydrogen (secondary N) is 1. The number of hydrogen-bond acceptors (Lipinski definition) is 4.